The van der Waals surface area contributed by atoms with Crippen molar-refractivity contribution in [3.05, 3.63) is 39.4 Å². The molecule has 0 bridgehead atoms. The lowest BCUT2D eigenvalue weighted by Crippen LogP contribution is -2.34. The summed E-state index contributed by atoms with van der Waals surface area (Å²) >= 11 is 0. The molecule has 0 saturated carbocycles. The van der Waals surface area contributed by atoms with Crippen LogP contribution in [0.3, 0.4) is 0 Å². The van der Waals surface area contributed by atoms with E-state index in [-0.39, 0.29) is 6.61 Å². The van der Waals surface area contributed by atoms with Gasteiger partial charge in [0, 0.05) is 6.07 Å². The Hall–Kier alpha value is -2.56. The number of esters is 1. The number of hydrogen-bond acceptors (Lipinski definition) is 5. The molecule has 0 radical (unpaired) electrons. The number of benzene rings is 1. The summed E-state index contributed by atoms with van der Waals surface area (Å²) in [5.41, 5.74) is -3.98. The third-order valence-corrected chi connectivity index (χ3v) is 2.66. The SMILES string of the molecule is CCOC(=O)C(C)(C#N)c1cc(F)cc(F)c1[N+](=O)[O-]. The number of nitriles is 1. The second-order valence-corrected chi connectivity index (χ2v) is 4.00. The highest BCUT2D eigenvalue weighted by Crippen LogP contribution is 2.35. The van der Waals surface area contributed by atoms with Gasteiger partial charge in [0.2, 0.25) is 5.82 Å². The Morgan fingerprint density at radius 3 is 2.60 bits per heavy atom. The van der Waals surface area contributed by atoms with E-state index in [0.29, 0.717) is 12.1 Å². The molecule has 0 aromatic heterocycles. The third kappa shape index (κ3) is 2.56. The number of hydrogen-bond donors (Lipinski definition) is 0. The van der Waals surface area contributed by atoms with E-state index in [1.165, 1.54) is 13.0 Å². The summed E-state index contributed by atoms with van der Waals surface area (Å²) in [7, 11) is 0. The zero-order valence-corrected chi connectivity index (χ0v) is 10.6. The number of ether oxygens (including phenoxy) is 1. The van der Waals surface area contributed by atoms with Crippen molar-refractivity contribution in [3.63, 3.8) is 0 Å². The molecule has 1 aromatic carbocycles. The van der Waals surface area contributed by atoms with Gasteiger partial charge < -0.3 is 4.74 Å². The summed E-state index contributed by atoms with van der Waals surface area (Å²) in [4.78, 5) is 21.5. The predicted molar refractivity (Wildman–Crippen MR) is 62.6 cm³/mol. The van der Waals surface area contributed by atoms with E-state index in [2.05, 4.69) is 4.74 Å². The molecule has 1 unspecified atom stereocenters. The highest BCUT2D eigenvalue weighted by Gasteiger charge is 2.44. The maximum Gasteiger partial charge on any atom is 0.331 e. The van der Waals surface area contributed by atoms with E-state index in [9.17, 15) is 23.7 Å². The Kier molecular flexibility index (Phi) is 4.34. The molecule has 6 nitrogen and oxygen atoms in total. The van der Waals surface area contributed by atoms with Crippen molar-refractivity contribution in [2.45, 2.75) is 19.3 Å². The summed E-state index contributed by atoms with van der Waals surface area (Å²) in [5.74, 6) is -3.71. The number of nitrogens with zero attached hydrogens (tertiary/aromatic N) is 2. The van der Waals surface area contributed by atoms with Crippen molar-refractivity contribution in [1.82, 2.24) is 0 Å². The summed E-state index contributed by atoms with van der Waals surface area (Å²) in [5, 5.41) is 20.0. The number of nitro groups is 1. The van der Waals surface area contributed by atoms with E-state index in [1.54, 1.807) is 0 Å². The van der Waals surface area contributed by atoms with Crippen LogP contribution < -0.4 is 0 Å². The zero-order valence-electron chi connectivity index (χ0n) is 10.6. The molecular weight excluding hydrogens is 274 g/mol. The summed E-state index contributed by atoms with van der Waals surface area (Å²) in [6.45, 7) is 2.39. The van der Waals surface area contributed by atoms with Crippen LogP contribution in [0.25, 0.3) is 0 Å². The van der Waals surface area contributed by atoms with Crippen LogP contribution in [0, 0.1) is 33.1 Å². The van der Waals surface area contributed by atoms with Gasteiger partial charge in [-0.1, -0.05) is 0 Å². The number of carbonyl (C=O) groups is 1. The molecule has 1 rings (SSSR count). The number of nitro benzene ring substituents is 1. The second-order valence-electron chi connectivity index (χ2n) is 4.00. The molecule has 0 fully saturated rings. The first-order valence-corrected chi connectivity index (χ1v) is 5.50. The van der Waals surface area contributed by atoms with Crippen LogP contribution in [0.4, 0.5) is 14.5 Å². The second kappa shape index (κ2) is 5.61. The Bertz CT molecular complexity index is 612. The van der Waals surface area contributed by atoms with Gasteiger partial charge in [-0.15, -0.1) is 0 Å². The van der Waals surface area contributed by atoms with Gasteiger partial charge in [0.25, 0.3) is 0 Å². The quantitative estimate of drug-likeness (QED) is 0.480. The minimum Gasteiger partial charge on any atom is -0.465 e. The fourth-order valence-electron chi connectivity index (χ4n) is 1.62. The Balaban J connectivity index is 3.62. The average Bonchev–Trinajstić information content (AvgIpc) is 2.36. The minimum atomic E-state index is -2.18. The molecule has 8 heteroatoms. The lowest BCUT2D eigenvalue weighted by Gasteiger charge is -2.19. The smallest absolute Gasteiger partial charge is 0.331 e. The van der Waals surface area contributed by atoms with Crippen LogP contribution in [-0.4, -0.2) is 17.5 Å². The molecular formula is C12H10F2N2O4. The standard InChI is InChI=1S/C12H10F2N2O4/c1-3-20-11(17)12(2,6-15)8-4-7(13)5-9(14)10(8)16(18)19/h4-5H,3H2,1-2H3. The van der Waals surface area contributed by atoms with Gasteiger partial charge >= 0.3 is 11.7 Å². The molecule has 0 aliphatic rings. The van der Waals surface area contributed by atoms with Crippen LogP contribution in [0.1, 0.15) is 19.4 Å². The fraction of sp³-hybridized carbons (Fsp3) is 0.333. The van der Waals surface area contributed by atoms with E-state index in [1.807, 2.05) is 0 Å². The van der Waals surface area contributed by atoms with Crippen molar-refractivity contribution >= 4 is 11.7 Å². The van der Waals surface area contributed by atoms with E-state index in [4.69, 9.17) is 5.26 Å². The monoisotopic (exact) mass is 284 g/mol. The Morgan fingerprint density at radius 1 is 1.55 bits per heavy atom. The number of rotatable bonds is 4. The molecule has 106 valence electrons. The van der Waals surface area contributed by atoms with Crippen LogP contribution in [0.5, 0.6) is 0 Å². The summed E-state index contributed by atoms with van der Waals surface area (Å²) < 4.78 is 31.4. The van der Waals surface area contributed by atoms with Crippen molar-refractivity contribution in [2.75, 3.05) is 6.61 Å². The Morgan fingerprint density at radius 2 is 2.15 bits per heavy atom. The molecule has 0 N–H and O–H groups in total. The molecule has 20 heavy (non-hydrogen) atoms. The fourth-order valence-corrected chi connectivity index (χ4v) is 1.62. The van der Waals surface area contributed by atoms with Gasteiger partial charge in [0.05, 0.1) is 23.2 Å². The van der Waals surface area contributed by atoms with E-state index >= 15 is 0 Å². The van der Waals surface area contributed by atoms with Crippen molar-refractivity contribution in [1.29, 1.82) is 5.26 Å². The molecule has 1 aromatic rings. The van der Waals surface area contributed by atoms with Crippen molar-refractivity contribution in [3.8, 4) is 6.07 Å². The zero-order chi connectivity index (χ0) is 15.5. The first kappa shape index (κ1) is 15.5. The minimum absolute atomic E-state index is 0.0816. The predicted octanol–water partition coefficient (Wildman–Crippen LogP) is 2.22. The lowest BCUT2D eigenvalue weighted by molar-refractivity contribution is -0.388. The Labute approximate surface area is 112 Å². The van der Waals surface area contributed by atoms with Gasteiger partial charge in [-0.2, -0.15) is 9.65 Å². The molecule has 0 amide bonds. The number of carbonyl (C=O) groups excluding carboxylic acids is 1. The summed E-state index contributed by atoms with van der Waals surface area (Å²) in [6, 6.07) is 2.41. The van der Waals surface area contributed by atoms with Gasteiger partial charge in [-0.3, -0.25) is 10.1 Å². The van der Waals surface area contributed by atoms with Crippen molar-refractivity contribution in [2.24, 2.45) is 0 Å². The highest BCUT2D eigenvalue weighted by molar-refractivity contribution is 5.87. The lowest BCUT2D eigenvalue weighted by atomic mass is 9.82. The van der Waals surface area contributed by atoms with Crippen LogP contribution in [-0.2, 0) is 14.9 Å². The molecule has 0 saturated heterocycles. The van der Waals surface area contributed by atoms with Gasteiger partial charge in [-0.25, -0.2) is 9.18 Å². The average molecular weight is 284 g/mol. The first-order chi connectivity index (χ1) is 9.27. The van der Waals surface area contributed by atoms with Crippen LogP contribution >= 0.6 is 0 Å². The topological polar surface area (TPSA) is 93.2 Å². The van der Waals surface area contributed by atoms with Crippen LogP contribution in [0.15, 0.2) is 12.1 Å². The van der Waals surface area contributed by atoms with Gasteiger partial charge in [0.15, 0.2) is 5.41 Å². The number of halogens is 2. The largest absolute Gasteiger partial charge is 0.465 e. The molecule has 1 atom stereocenters. The van der Waals surface area contributed by atoms with E-state index in [0.717, 1.165) is 6.92 Å². The van der Waals surface area contributed by atoms with Gasteiger partial charge in [-0.05, 0) is 19.9 Å². The summed E-state index contributed by atoms with van der Waals surface area (Å²) in [6.07, 6.45) is 0. The van der Waals surface area contributed by atoms with Gasteiger partial charge in [0.1, 0.15) is 5.82 Å². The molecule has 0 aliphatic heterocycles. The normalized spacial score (nSPS) is 13.2. The molecule has 0 aliphatic carbocycles. The molecule has 0 spiro atoms. The molecule has 0 heterocycles. The first-order valence-electron chi connectivity index (χ1n) is 5.50. The highest BCUT2D eigenvalue weighted by atomic mass is 19.1. The maximum atomic E-state index is 13.5. The maximum absolute atomic E-state index is 13.5. The van der Waals surface area contributed by atoms with E-state index < -0.39 is 39.2 Å². The third-order valence-electron chi connectivity index (χ3n) is 2.66. The van der Waals surface area contributed by atoms with Crippen LogP contribution in [0.2, 0.25) is 0 Å². The van der Waals surface area contributed by atoms with Crippen molar-refractivity contribution < 1.29 is 23.2 Å².